The third-order valence-corrected chi connectivity index (χ3v) is 7.28. The minimum Gasteiger partial charge on any atom is -0.393 e. The van der Waals surface area contributed by atoms with Crippen molar-refractivity contribution in [2.75, 3.05) is 6.61 Å². The highest BCUT2D eigenvalue weighted by atomic mass is 16.5. The second kappa shape index (κ2) is 9.58. The summed E-state index contributed by atoms with van der Waals surface area (Å²) in [5.74, 6) is 0.470. The Morgan fingerprint density at radius 2 is 2.06 bits per heavy atom. The first-order chi connectivity index (χ1) is 14.5. The van der Waals surface area contributed by atoms with Crippen LogP contribution in [0.5, 0.6) is 0 Å². The molecule has 3 N–H and O–H groups in total. The fourth-order valence-corrected chi connectivity index (χ4v) is 5.57. The minimum atomic E-state index is -0.816. The third kappa shape index (κ3) is 5.67. The molecule has 3 rings (SSSR count). The first kappa shape index (κ1) is 24.2. The van der Waals surface area contributed by atoms with Crippen LogP contribution in [0.15, 0.2) is 59.3 Å². The summed E-state index contributed by atoms with van der Waals surface area (Å²) < 4.78 is 6.10. The fraction of sp³-hybridized carbons (Fsp3) is 0.630. The zero-order valence-electron chi connectivity index (χ0n) is 19.6. The molecule has 4 heteroatoms. The molecule has 172 valence electrons. The van der Waals surface area contributed by atoms with Gasteiger partial charge in [0.05, 0.1) is 30.5 Å². The molecule has 0 aromatic heterocycles. The molecular formula is C27H40O4. The van der Waals surface area contributed by atoms with E-state index in [1.807, 2.05) is 6.08 Å². The molecule has 0 radical (unpaired) electrons. The van der Waals surface area contributed by atoms with Gasteiger partial charge in [0.1, 0.15) is 0 Å². The van der Waals surface area contributed by atoms with E-state index in [1.165, 1.54) is 11.1 Å². The standard InChI is InChI=1S/C27H40O4/c1-18-21(16-22(28)17-25(18)29)10-9-20-8-6-14-27(5)23(11-12-24(20)27)19(2)31-15-7-13-26(3,4)30/h7,9-11,13,19,22,24-25,28-30H,1,6,8,12,14-17H2,2-5H3/b13-7+,20-9+,21-10-/t19-,22+,24?,25-,27+/m0/s1. The fourth-order valence-electron chi connectivity index (χ4n) is 5.57. The van der Waals surface area contributed by atoms with E-state index in [0.717, 1.165) is 36.8 Å². The van der Waals surface area contributed by atoms with Crippen molar-refractivity contribution in [2.24, 2.45) is 11.3 Å². The summed E-state index contributed by atoms with van der Waals surface area (Å²) in [4.78, 5) is 0. The van der Waals surface area contributed by atoms with E-state index in [4.69, 9.17) is 4.74 Å². The summed E-state index contributed by atoms with van der Waals surface area (Å²) in [6.07, 6.45) is 14.6. The molecule has 3 aliphatic rings. The van der Waals surface area contributed by atoms with Crippen LogP contribution in [0.3, 0.4) is 0 Å². The summed E-state index contributed by atoms with van der Waals surface area (Å²) in [6, 6.07) is 0. The number of aliphatic hydroxyl groups excluding tert-OH is 2. The molecule has 0 heterocycles. The van der Waals surface area contributed by atoms with Crippen molar-refractivity contribution in [1.82, 2.24) is 0 Å². The van der Waals surface area contributed by atoms with Crippen LogP contribution in [0, 0.1) is 11.3 Å². The molecule has 0 saturated heterocycles. The largest absolute Gasteiger partial charge is 0.393 e. The van der Waals surface area contributed by atoms with E-state index < -0.39 is 17.8 Å². The number of aliphatic hydroxyl groups is 3. The Labute approximate surface area is 187 Å². The summed E-state index contributed by atoms with van der Waals surface area (Å²) >= 11 is 0. The van der Waals surface area contributed by atoms with Gasteiger partial charge in [0.15, 0.2) is 0 Å². The molecule has 3 aliphatic carbocycles. The van der Waals surface area contributed by atoms with Crippen molar-refractivity contribution in [3.8, 4) is 0 Å². The van der Waals surface area contributed by atoms with E-state index in [9.17, 15) is 15.3 Å². The molecule has 0 aromatic carbocycles. The molecule has 4 nitrogen and oxygen atoms in total. The molecule has 31 heavy (non-hydrogen) atoms. The average Bonchev–Trinajstić information content (AvgIpc) is 3.03. The summed E-state index contributed by atoms with van der Waals surface area (Å²) in [7, 11) is 0. The number of fused-ring (bicyclic) bond motifs is 1. The zero-order valence-corrected chi connectivity index (χ0v) is 19.6. The van der Waals surface area contributed by atoms with E-state index in [2.05, 4.69) is 38.7 Å². The summed E-state index contributed by atoms with van der Waals surface area (Å²) in [6.45, 7) is 12.5. The lowest BCUT2D eigenvalue weighted by Crippen LogP contribution is -2.34. The molecule has 0 aliphatic heterocycles. The van der Waals surface area contributed by atoms with Gasteiger partial charge in [0.25, 0.3) is 0 Å². The highest BCUT2D eigenvalue weighted by molar-refractivity contribution is 5.40. The molecule has 0 spiro atoms. The van der Waals surface area contributed by atoms with E-state index in [1.54, 1.807) is 19.9 Å². The topological polar surface area (TPSA) is 69.9 Å². The van der Waals surface area contributed by atoms with Crippen LogP contribution in [-0.4, -0.2) is 45.8 Å². The third-order valence-electron chi connectivity index (χ3n) is 7.28. The van der Waals surface area contributed by atoms with Crippen LogP contribution in [-0.2, 0) is 4.74 Å². The van der Waals surface area contributed by atoms with Crippen LogP contribution in [0.1, 0.15) is 66.2 Å². The molecule has 0 bridgehead atoms. The van der Waals surface area contributed by atoms with Gasteiger partial charge >= 0.3 is 0 Å². The predicted octanol–water partition coefficient (Wildman–Crippen LogP) is 4.78. The smallest absolute Gasteiger partial charge is 0.0811 e. The van der Waals surface area contributed by atoms with Crippen molar-refractivity contribution >= 4 is 0 Å². The Hall–Kier alpha value is -1.46. The normalized spacial score (nSPS) is 35.6. The van der Waals surface area contributed by atoms with Gasteiger partial charge in [-0.2, -0.15) is 0 Å². The van der Waals surface area contributed by atoms with Gasteiger partial charge in [-0.1, -0.05) is 49.5 Å². The second-order valence-electron chi connectivity index (χ2n) is 10.3. The van der Waals surface area contributed by atoms with Crippen molar-refractivity contribution in [3.05, 3.63) is 59.3 Å². The van der Waals surface area contributed by atoms with Crippen molar-refractivity contribution in [2.45, 2.75) is 90.1 Å². The molecule has 5 atom stereocenters. The number of rotatable bonds is 6. The first-order valence-electron chi connectivity index (χ1n) is 11.7. The Balaban J connectivity index is 1.70. The van der Waals surface area contributed by atoms with E-state index >= 15 is 0 Å². The quantitative estimate of drug-likeness (QED) is 0.533. The Morgan fingerprint density at radius 3 is 2.77 bits per heavy atom. The Kier molecular flexibility index (Phi) is 7.47. The number of hydrogen-bond acceptors (Lipinski definition) is 4. The van der Waals surface area contributed by atoms with Crippen LogP contribution in [0.25, 0.3) is 0 Å². The van der Waals surface area contributed by atoms with E-state index in [0.29, 0.717) is 25.4 Å². The molecule has 0 amide bonds. The predicted molar refractivity (Wildman–Crippen MR) is 126 cm³/mol. The first-order valence-corrected chi connectivity index (χ1v) is 11.7. The van der Waals surface area contributed by atoms with Crippen molar-refractivity contribution in [1.29, 1.82) is 0 Å². The monoisotopic (exact) mass is 428 g/mol. The molecule has 2 saturated carbocycles. The van der Waals surface area contributed by atoms with Crippen LogP contribution >= 0.6 is 0 Å². The van der Waals surface area contributed by atoms with E-state index in [-0.39, 0.29) is 11.5 Å². The molecule has 1 unspecified atom stereocenters. The van der Waals surface area contributed by atoms with Gasteiger partial charge in [-0.3, -0.25) is 0 Å². The molecule has 2 fully saturated rings. The maximum atomic E-state index is 10.1. The van der Waals surface area contributed by atoms with Gasteiger partial charge in [-0.05, 0) is 80.9 Å². The number of allylic oxidation sites excluding steroid dienone is 4. The lowest BCUT2D eigenvalue weighted by atomic mass is 9.63. The van der Waals surface area contributed by atoms with Crippen LogP contribution < -0.4 is 0 Å². The Morgan fingerprint density at radius 1 is 1.32 bits per heavy atom. The van der Waals surface area contributed by atoms with Crippen molar-refractivity contribution < 1.29 is 20.1 Å². The summed E-state index contributed by atoms with van der Waals surface area (Å²) in [5.41, 5.74) is 3.83. The van der Waals surface area contributed by atoms with Crippen LogP contribution in [0.4, 0.5) is 0 Å². The highest BCUT2D eigenvalue weighted by Crippen LogP contribution is 2.55. The van der Waals surface area contributed by atoms with Crippen LogP contribution in [0.2, 0.25) is 0 Å². The maximum Gasteiger partial charge on any atom is 0.0811 e. The SMILES string of the molecule is C=C1/C(=C\C=C2/CCC[C@]3(C)C([C@H](C)OC/C=C/C(C)(C)O)=CCC23)C[C@@H](O)C[C@@H]1O. The van der Waals surface area contributed by atoms with Gasteiger partial charge in [0.2, 0.25) is 0 Å². The van der Waals surface area contributed by atoms with Gasteiger partial charge in [0, 0.05) is 6.42 Å². The molecule has 0 aromatic rings. The number of ether oxygens (including phenoxy) is 1. The Bertz CT molecular complexity index is 795. The maximum absolute atomic E-state index is 10.1. The highest BCUT2D eigenvalue weighted by Gasteiger charge is 2.46. The summed E-state index contributed by atoms with van der Waals surface area (Å²) in [5, 5.41) is 29.9. The van der Waals surface area contributed by atoms with Gasteiger partial charge in [-0.15, -0.1) is 0 Å². The second-order valence-corrected chi connectivity index (χ2v) is 10.3. The minimum absolute atomic E-state index is 0.0441. The lowest BCUT2D eigenvalue weighted by Gasteiger charge is -2.42. The van der Waals surface area contributed by atoms with Crippen molar-refractivity contribution in [3.63, 3.8) is 0 Å². The molecular weight excluding hydrogens is 388 g/mol. The lowest BCUT2D eigenvalue weighted by molar-refractivity contribution is 0.0836. The number of hydrogen-bond donors (Lipinski definition) is 3. The van der Waals surface area contributed by atoms with Gasteiger partial charge < -0.3 is 20.1 Å². The zero-order chi connectivity index (χ0) is 22.8. The average molecular weight is 429 g/mol. The van der Waals surface area contributed by atoms with Gasteiger partial charge in [-0.25, -0.2) is 0 Å².